The fourth-order valence-corrected chi connectivity index (χ4v) is 3.16. The van der Waals surface area contributed by atoms with Gasteiger partial charge in [0.2, 0.25) is 0 Å². The molecular weight excluding hydrogens is 222 g/mol. The Hall–Kier alpha value is -1.02. The second-order valence-electron chi connectivity index (χ2n) is 5.31. The van der Waals surface area contributed by atoms with Crippen LogP contribution >= 0.6 is 0 Å². The van der Waals surface area contributed by atoms with Crippen LogP contribution in [0.4, 0.5) is 0 Å². The molecule has 1 saturated carbocycles. The highest BCUT2D eigenvalue weighted by atomic mass is 16.5. The molecule has 2 heteroatoms. The molecule has 1 fully saturated rings. The van der Waals surface area contributed by atoms with Crippen molar-refractivity contribution in [2.24, 2.45) is 5.92 Å². The molecule has 0 heterocycles. The zero-order chi connectivity index (χ0) is 12.8. The van der Waals surface area contributed by atoms with Crippen molar-refractivity contribution >= 4 is 0 Å². The van der Waals surface area contributed by atoms with Crippen LogP contribution < -0.4 is 10.1 Å². The van der Waals surface area contributed by atoms with Crippen molar-refractivity contribution in [1.29, 1.82) is 0 Å². The Morgan fingerprint density at radius 2 is 1.94 bits per heavy atom. The molecule has 0 saturated heterocycles. The van der Waals surface area contributed by atoms with Gasteiger partial charge in [0.25, 0.3) is 0 Å². The van der Waals surface area contributed by atoms with Gasteiger partial charge in [0, 0.05) is 6.04 Å². The van der Waals surface area contributed by atoms with E-state index in [-0.39, 0.29) is 0 Å². The van der Waals surface area contributed by atoms with Crippen molar-refractivity contribution in [2.45, 2.75) is 44.6 Å². The lowest BCUT2D eigenvalue weighted by Crippen LogP contribution is -2.33. The quantitative estimate of drug-likeness (QED) is 0.823. The van der Waals surface area contributed by atoms with Gasteiger partial charge in [-0.15, -0.1) is 0 Å². The monoisotopic (exact) mass is 247 g/mol. The second-order valence-corrected chi connectivity index (χ2v) is 5.31. The summed E-state index contributed by atoms with van der Waals surface area (Å²) >= 11 is 0. The van der Waals surface area contributed by atoms with E-state index in [1.54, 1.807) is 7.11 Å². The summed E-state index contributed by atoms with van der Waals surface area (Å²) in [7, 11) is 3.87. The number of para-hydroxylation sites is 1. The lowest BCUT2D eigenvalue weighted by atomic mass is 9.88. The molecule has 2 atom stereocenters. The van der Waals surface area contributed by atoms with Crippen LogP contribution in [0.3, 0.4) is 0 Å². The minimum Gasteiger partial charge on any atom is -0.496 e. The number of hydrogen-bond acceptors (Lipinski definition) is 2. The van der Waals surface area contributed by atoms with Crippen molar-refractivity contribution in [3.05, 3.63) is 29.8 Å². The highest BCUT2D eigenvalue weighted by molar-refractivity contribution is 5.33. The van der Waals surface area contributed by atoms with Crippen LogP contribution in [-0.2, 0) is 6.42 Å². The van der Waals surface area contributed by atoms with Gasteiger partial charge in [-0.05, 0) is 43.9 Å². The van der Waals surface area contributed by atoms with Crippen molar-refractivity contribution in [2.75, 3.05) is 14.2 Å². The number of hydrogen-bond donors (Lipinski definition) is 1. The summed E-state index contributed by atoms with van der Waals surface area (Å²) in [6, 6.07) is 9.10. The lowest BCUT2D eigenvalue weighted by Gasteiger charge is -2.25. The molecule has 2 unspecified atom stereocenters. The Labute approximate surface area is 111 Å². The standard InChI is InChI=1S/C16H25NO/c1-17-15-10-5-3-4-8-13(15)12-14-9-6-7-11-16(14)18-2/h6-7,9,11,13,15,17H,3-5,8,10,12H2,1-2H3. The molecule has 2 nitrogen and oxygen atoms in total. The number of nitrogens with one attached hydrogen (secondary N) is 1. The van der Waals surface area contributed by atoms with Crippen molar-refractivity contribution in [3.8, 4) is 5.75 Å². The Bertz CT molecular complexity index is 364. The van der Waals surface area contributed by atoms with Gasteiger partial charge in [-0.1, -0.05) is 37.5 Å². The Morgan fingerprint density at radius 1 is 1.17 bits per heavy atom. The van der Waals surface area contributed by atoms with Crippen LogP contribution in [0.15, 0.2) is 24.3 Å². The summed E-state index contributed by atoms with van der Waals surface area (Å²) in [6.07, 6.45) is 7.92. The van der Waals surface area contributed by atoms with Crippen LogP contribution in [-0.4, -0.2) is 20.2 Å². The molecule has 0 bridgehead atoms. The average molecular weight is 247 g/mol. The fraction of sp³-hybridized carbons (Fsp3) is 0.625. The van der Waals surface area contributed by atoms with Crippen molar-refractivity contribution in [1.82, 2.24) is 5.32 Å². The summed E-state index contributed by atoms with van der Waals surface area (Å²) in [5.41, 5.74) is 1.35. The lowest BCUT2D eigenvalue weighted by molar-refractivity contribution is 0.342. The van der Waals surface area contributed by atoms with Gasteiger partial charge < -0.3 is 10.1 Å². The highest BCUT2D eigenvalue weighted by Gasteiger charge is 2.23. The summed E-state index contributed by atoms with van der Waals surface area (Å²) in [6.45, 7) is 0. The first-order valence-corrected chi connectivity index (χ1v) is 7.14. The molecule has 0 amide bonds. The molecule has 0 spiro atoms. The zero-order valence-corrected chi connectivity index (χ0v) is 11.6. The Morgan fingerprint density at radius 3 is 2.72 bits per heavy atom. The molecule has 0 radical (unpaired) electrons. The number of ether oxygens (including phenoxy) is 1. The summed E-state index contributed by atoms with van der Waals surface area (Å²) < 4.78 is 5.47. The van der Waals surface area contributed by atoms with Crippen molar-refractivity contribution in [3.63, 3.8) is 0 Å². The molecular formula is C16H25NO. The van der Waals surface area contributed by atoms with Gasteiger partial charge in [0.1, 0.15) is 5.75 Å². The van der Waals surface area contributed by atoms with Crippen molar-refractivity contribution < 1.29 is 4.74 Å². The SMILES string of the molecule is CNC1CCCCCC1Cc1ccccc1OC. The van der Waals surface area contributed by atoms with Crippen LogP contribution in [0.2, 0.25) is 0 Å². The zero-order valence-electron chi connectivity index (χ0n) is 11.6. The molecule has 1 aromatic rings. The van der Waals surface area contributed by atoms with E-state index in [0.717, 1.165) is 18.1 Å². The van der Waals surface area contributed by atoms with E-state index in [1.807, 2.05) is 6.07 Å². The van der Waals surface area contributed by atoms with E-state index >= 15 is 0 Å². The second kappa shape index (κ2) is 6.79. The molecule has 2 rings (SSSR count). The molecule has 1 aromatic carbocycles. The molecule has 1 aliphatic carbocycles. The molecule has 1 N–H and O–H groups in total. The Kier molecular flexibility index (Phi) is 5.06. The smallest absolute Gasteiger partial charge is 0.122 e. The van der Waals surface area contributed by atoms with E-state index in [4.69, 9.17) is 4.74 Å². The third-order valence-electron chi connectivity index (χ3n) is 4.20. The highest BCUT2D eigenvalue weighted by Crippen LogP contribution is 2.29. The minimum absolute atomic E-state index is 0.664. The normalized spacial score (nSPS) is 24.6. The maximum absolute atomic E-state index is 5.47. The fourth-order valence-electron chi connectivity index (χ4n) is 3.16. The third kappa shape index (κ3) is 3.26. The van der Waals surface area contributed by atoms with E-state index in [2.05, 4.69) is 30.6 Å². The predicted octanol–water partition coefficient (Wildman–Crippen LogP) is 3.41. The number of rotatable bonds is 4. The Balaban J connectivity index is 2.10. The van der Waals surface area contributed by atoms with Crippen LogP contribution in [0, 0.1) is 5.92 Å². The molecule has 0 aromatic heterocycles. The topological polar surface area (TPSA) is 21.3 Å². The van der Waals surface area contributed by atoms with Gasteiger partial charge in [-0.2, -0.15) is 0 Å². The van der Waals surface area contributed by atoms with Gasteiger partial charge in [0.15, 0.2) is 0 Å². The minimum atomic E-state index is 0.664. The summed E-state index contributed by atoms with van der Waals surface area (Å²) in [5, 5.41) is 3.51. The first-order valence-electron chi connectivity index (χ1n) is 7.14. The van der Waals surface area contributed by atoms with Gasteiger partial charge >= 0.3 is 0 Å². The van der Waals surface area contributed by atoms with Crippen LogP contribution in [0.1, 0.15) is 37.7 Å². The van der Waals surface area contributed by atoms with E-state index < -0.39 is 0 Å². The largest absolute Gasteiger partial charge is 0.496 e. The van der Waals surface area contributed by atoms with E-state index in [0.29, 0.717) is 6.04 Å². The number of methoxy groups -OCH3 is 1. The number of benzene rings is 1. The first-order chi connectivity index (χ1) is 8.85. The molecule has 0 aliphatic heterocycles. The maximum Gasteiger partial charge on any atom is 0.122 e. The van der Waals surface area contributed by atoms with Gasteiger partial charge in [0.05, 0.1) is 7.11 Å². The van der Waals surface area contributed by atoms with Gasteiger partial charge in [-0.25, -0.2) is 0 Å². The van der Waals surface area contributed by atoms with E-state index in [1.165, 1.54) is 37.7 Å². The predicted molar refractivity (Wildman–Crippen MR) is 76.1 cm³/mol. The van der Waals surface area contributed by atoms with Gasteiger partial charge in [-0.3, -0.25) is 0 Å². The van der Waals surface area contributed by atoms with E-state index in [9.17, 15) is 0 Å². The van der Waals surface area contributed by atoms with Crippen LogP contribution in [0.25, 0.3) is 0 Å². The third-order valence-corrected chi connectivity index (χ3v) is 4.20. The van der Waals surface area contributed by atoms with Crippen LogP contribution in [0.5, 0.6) is 5.75 Å². The molecule has 1 aliphatic rings. The maximum atomic E-state index is 5.47. The molecule has 18 heavy (non-hydrogen) atoms. The summed E-state index contributed by atoms with van der Waals surface area (Å²) in [4.78, 5) is 0. The summed E-state index contributed by atoms with van der Waals surface area (Å²) in [5.74, 6) is 1.78. The average Bonchev–Trinajstić information content (AvgIpc) is 2.64. The first kappa shape index (κ1) is 13.4. The molecule has 100 valence electrons.